The minimum absolute atomic E-state index is 0.0934. The van der Waals surface area contributed by atoms with Gasteiger partial charge in [-0.3, -0.25) is 9.36 Å². The number of hydrogen-bond donors (Lipinski definition) is 0. The summed E-state index contributed by atoms with van der Waals surface area (Å²) in [6.45, 7) is 4.06. The van der Waals surface area contributed by atoms with Crippen LogP contribution in [0.25, 0.3) is 33.3 Å². The standard InChI is InChI=1S/C27H24NO5P/c1-4-32-34(30,33-5-2)17-14-15-22-21(16-17)24-18-10-6-7-11-19(18)27(29)25(24)26(28-22)20-12-8-9-13-23(20)31-3/h6-16H,4-5H2,1-3H3. The van der Waals surface area contributed by atoms with E-state index in [-0.39, 0.29) is 19.0 Å². The summed E-state index contributed by atoms with van der Waals surface area (Å²) in [7, 11) is -1.92. The molecule has 6 nitrogen and oxygen atoms in total. The Morgan fingerprint density at radius 3 is 2.15 bits per heavy atom. The first kappa shape index (κ1) is 22.5. The van der Waals surface area contributed by atoms with Gasteiger partial charge in [0.05, 0.1) is 42.4 Å². The molecule has 172 valence electrons. The molecular formula is C27H24NO5P. The Bertz CT molecular complexity index is 1470. The van der Waals surface area contributed by atoms with Crippen LogP contribution >= 0.6 is 7.60 Å². The topological polar surface area (TPSA) is 74.7 Å². The average molecular weight is 473 g/mol. The molecule has 0 aliphatic heterocycles. The first-order chi connectivity index (χ1) is 16.5. The monoisotopic (exact) mass is 473 g/mol. The summed E-state index contributed by atoms with van der Waals surface area (Å²) in [5, 5.41) is 1.17. The third-order valence-corrected chi connectivity index (χ3v) is 8.02. The van der Waals surface area contributed by atoms with Crippen molar-refractivity contribution < 1.29 is 23.1 Å². The quantitative estimate of drug-likeness (QED) is 0.269. The van der Waals surface area contributed by atoms with Gasteiger partial charge in [0, 0.05) is 22.1 Å². The Kier molecular flexibility index (Phi) is 5.82. The van der Waals surface area contributed by atoms with Crippen molar-refractivity contribution in [3.63, 3.8) is 0 Å². The minimum Gasteiger partial charge on any atom is -0.496 e. The highest BCUT2D eigenvalue weighted by atomic mass is 31.2. The van der Waals surface area contributed by atoms with Gasteiger partial charge < -0.3 is 13.8 Å². The van der Waals surface area contributed by atoms with E-state index in [9.17, 15) is 9.36 Å². The van der Waals surface area contributed by atoms with Crippen molar-refractivity contribution in [2.75, 3.05) is 20.3 Å². The number of benzene rings is 3. The molecule has 0 bridgehead atoms. The third-order valence-electron chi connectivity index (χ3n) is 5.91. The van der Waals surface area contributed by atoms with Crippen molar-refractivity contribution in [2.45, 2.75) is 13.8 Å². The SMILES string of the molecule is CCOP(=O)(OCC)c1ccc2nc(-c3ccccc3OC)c3c(c2c1)-c1ccccc1C3=O. The second kappa shape index (κ2) is 8.80. The fraction of sp³-hybridized carbons (Fsp3) is 0.185. The van der Waals surface area contributed by atoms with Crippen LogP contribution in [0.4, 0.5) is 0 Å². The molecule has 34 heavy (non-hydrogen) atoms. The molecule has 0 saturated carbocycles. The number of methoxy groups -OCH3 is 1. The molecule has 0 atom stereocenters. The Morgan fingerprint density at radius 1 is 0.824 bits per heavy atom. The Hall–Kier alpha value is -3.31. The zero-order chi connectivity index (χ0) is 23.9. The van der Waals surface area contributed by atoms with Crippen LogP contribution in [0, 0.1) is 0 Å². The molecule has 7 heteroatoms. The van der Waals surface area contributed by atoms with Crippen molar-refractivity contribution in [2.24, 2.45) is 0 Å². The van der Waals surface area contributed by atoms with E-state index in [0.717, 1.165) is 22.1 Å². The molecular weight excluding hydrogens is 449 g/mol. The second-order valence-corrected chi connectivity index (χ2v) is 9.85. The Balaban J connectivity index is 1.86. The molecule has 0 spiro atoms. The molecule has 0 unspecified atom stereocenters. The molecule has 1 aromatic heterocycles. The van der Waals surface area contributed by atoms with E-state index in [1.807, 2.05) is 48.5 Å². The van der Waals surface area contributed by atoms with E-state index in [1.165, 1.54) is 0 Å². The molecule has 1 aliphatic rings. The van der Waals surface area contributed by atoms with Gasteiger partial charge in [0.25, 0.3) is 0 Å². The van der Waals surface area contributed by atoms with Crippen LogP contribution in [0.5, 0.6) is 5.75 Å². The number of para-hydroxylation sites is 1. The number of carbonyl (C=O) groups excluding carboxylic acids is 1. The normalized spacial score (nSPS) is 12.6. The molecule has 3 aromatic carbocycles. The van der Waals surface area contributed by atoms with Crippen molar-refractivity contribution in [3.05, 3.63) is 77.9 Å². The highest BCUT2D eigenvalue weighted by Gasteiger charge is 2.34. The van der Waals surface area contributed by atoms with E-state index in [1.54, 1.807) is 39.2 Å². The van der Waals surface area contributed by atoms with Gasteiger partial charge >= 0.3 is 7.60 Å². The van der Waals surface area contributed by atoms with Gasteiger partial charge in [0.2, 0.25) is 0 Å². The summed E-state index contributed by atoms with van der Waals surface area (Å²) in [6, 6.07) is 20.4. The van der Waals surface area contributed by atoms with Gasteiger partial charge in [0.15, 0.2) is 5.78 Å². The zero-order valence-electron chi connectivity index (χ0n) is 19.2. The van der Waals surface area contributed by atoms with Crippen LogP contribution in [0.2, 0.25) is 0 Å². The van der Waals surface area contributed by atoms with Crippen LogP contribution < -0.4 is 10.0 Å². The van der Waals surface area contributed by atoms with E-state index in [2.05, 4.69) is 0 Å². The Labute approximate surface area is 198 Å². The lowest BCUT2D eigenvalue weighted by atomic mass is 9.96. The zero-order valence-corrected chi connectivity index (χ0v) is 20.1. The number of pyridine rings is 1. The van der Waals surface area contributed by atoms with Gasteiger partial charge in [-0.2, -0.15) is 0 Å². The van der Waals surface area contributed by atoms with E-state index in [4.69, 9.17) is 18.8 Å². The van der Waals surface area contributed by atoms with Crippen LogP contribution in [0.15, 0.2) is 66.7 Å². The predicted octanol–water partition coefficient (Wildman–Crippen LogP) is 6.01. The van der Waals surface area contributed by atoms with Crippen molar-refractivity contribution >= 4 is 29.6 Å². The number of ketones is 1. The molecule has 5 rings (SSSR count). The van der Waals surface area contributed by atoms with Crippen LogP contribution in [-0.2, 0) is 13.6 Å². The maximum absolute atomic E-state index is 13.6. The molecule has 0 amide bonds. The lowest BCUT2D eigenvalue weighted by Crippen LogP contribution is -2.11. The number of ether oxygens (including phenoxy) is 1. The van der Waals surface area contributed by atoms with Gasteiger partial charge in [-0.05, 0) is 49.7 Å². The summed E-state index contributed by atoms with van der Waals surface area (Å²) < 4.78 is 30.2. The lowest BCUT2D eigenvalue weighted by Gasteiger charge is -2.19. The number of nitrogens with zero attached hydrogens (tertiary/aromatic N) is 1. The van der Waals surface area contributed by atoms with Crippen LogP contribution in [0.1, 0.15) is 29.8 Å². The summed E-state index contributed by atoms with van der Waals surface area (Å²) in [4.78, 5) is 18.5. The predicted molar refractivity (Wildman–Crippen MR) is 133 cm³/mol. The maximum atomic E-state index is 13.6. The minimum atomic E-state index is -3.52. The van der Waals surface area contributed by atoms with Gasteiger partial charge in [-0.25, -0.2) is 4.98 Å². The summed E-state index contributed by atoms with van der Waals surface area (Å²) >= 11 is 0. The van der Waals surface area contributed by atoms with Crippen molar-refractivity contribution in [1.29, 1.82) is 0 Å². The summed E-state index contributed by atoms with van der Waals surface area (Å²) in [6.07, 6.45) is 0. The Morgan fingerprint density at radius 2 is 1.47 bits per heavy atom. The molecule has 4 aromatic rings. The lowest BCUT2D eigenvalue weighted by molar-refractivity contribution is 0.104. The van der Waals surface area contributed by atoms with Gasteiger partial charge in [0.1, 0.15) is 5.75 Å². The molecule has 0 radical (unpaired) electrons. The van der Waals surface area contributed by atoms with Gasteiger partial charge in [-0.15, -0.1) is 0 Å². The summed E-state index contributed by atoms with van der Waals surface area (Å²) in [5.41, 5.74) is 4.70. The van der Waals surface area contributed by atoms with E-state index in [0.29, 0.717) is 33.4 Å². The average Bonchev–Trinajstić information content (AvgIpc) is 3.16. The van der Waals surface area contributed by atoms with Gasteiger partial charge in [-0.1, -0.05) is 36.4 Å². The molecule has 0 fully saturated rings. The summed E-state index contributed by atoms with van der Waals surface area (Å²) in [5.74, 6) is 0.540. The van der Waals surface area contributed by atoms with E-state index < -0.39 is 7.60 Å². The first-order valence-corrected chi connectivity index (χ1v) is 12.7. The molecule has 0 saturated heterocycles. The van der Waals surface area contributed by atoms with E-state index >= 15 is 0 Å². The number of hydrogen-bond acceptors (Lipinski definition) is 6. The third kappa shape index (κ3) is 3.46. The maximum Gasteiger partial charge on any atom is 0.361 e. The fourth-order valence-electron chi connectivity index (χ4n) is 4.52. The van der Waals surface area contributed by atoms with Crippen LogP contribution in [0.3, 0.4) is 0 Å². The molecule has 0 N–H and O–H groups in total. The number of aromatic nitrogens is 1. The second-order valence-electron chi connectivity index (χ2n) is 7.82. The number of carbonyl (C=O) groups is 1. The number of fused-ring (bicyclic) bond motifs is 5. The van der Waals surface area contributed by atoms with Crippen molar-refractivity contribution in [1.82, 2.24) is 4.98 Å². The number of rotatable bonds is 7. The smallest absolute Gasteiger partial charge is 0.361 e. The van der Waals surface area contributed by atoms with Crippen LogP contribution in [-0.4, -0.2) is 31.1 Å². The fourth-order valence-corrected chi connectivity index (χ4v) is 6.11. The largest absolute Gasteiger partial charge is 0.496 e. The highest BCUT2D eigenvalue weighted by Crippen LogP contribution is 2.50. The molecule has 1 aliphatic carbocycles. The van der Waals surface area contributed by atoms with Crippen molar-refractivity contribution in [3.8, 4) is 28.1 Å². The highest BCUT2D eigenvalue weighted by molar-refractivity contribution is 7.62. The molecule has 1 heterocycles. The first-order valence-electron chi connectivity index (χ1n) is 11.2.